The highest BCUT2D eigenvalue weighted by Crippen LogP contribution is 2.47. The fourth-order valence-electron chi connectivity index (χ4n) is 4.00. The highest BCUT2D eigenvalue weighted by Gasteiger charge is 2.41. The second kappa shape index (κ2) is 5.99. The summed E-state index contributed by atoms with van der Waals surface area (Å²) in [4.78, 5) is 4.51. The van der Waals surface area contributed by atoms with Crippen molar-refractivity contribution in [1.29, 1.82) is 0 Å². The lowest BCUT2D eigenvalue weighted by atomic mass is 9.96. The Hall–Kier alpha value is -3.54. The quantitative estimate of drug-likeness (QED) is 0.680. The van der Waals surface area contributed by atoms with E-state index in [0.29, 0.717) is 0 Å². The largest absolute Gasteiger partial charge is 0.463 e. The van der Waals surface area contributed by atoms with Crippen LogP contribution in [-0.2, 0) is 0 Å². The highest BCUT2D eigenvalue weighted by atomic mass is 16.7. The molecule has 0 fully saturated rings. The second-order valence-corrected chi connectivity index (χ2v) is 6.98. The molecule has 6 heteroatoms. The van der Waals surface area contributed by atoms with Crippen molar-refractivity contribution in [3.63, 3.8) is 0 Å². The number of hydrogen-bond acceptors (Lipinski definition) is 6. The molecular weight excluding hydrogens is 354 g/mol. The van der Waals surface area contributed by atoms with Gasteiger partial charge in [-0.1, -0.05) is 24.3 Å². The molecule has 0 spiro atoms. The van der Waals surface area contributed by atoms with Crippen molar-refractivity contribution < 1.29 is 14.2 Å². The zero-order chi connectivity index (χ0) is 18.5. The Morgan fingerprint density at radius 2 is 1.79 bits per heavy atom. The molecule has 0 N–H and O–H groups in total. The van der Waals surface area contributed by atoms with Gasteiger partial charge in [-0.15, -0.1) is 0 Å². The predicted molar refractivity (Wildman–Crippen MR) is 102 cm³/mol. The lowest BCUT2D eigenvalue weighted by molar-refractivity contribution is -0.0218. The fraction of sp³-hybridized carbons (Fsp3) is 0.182. The number of nitrogens with zero attached hydrogens (tertiary/aromatic N) is 3. The Balaban J connectivity index is 1.43. The van der Waals surface area contributed by atoms with E-state index in [-0.39, 0.29) is 19.1 Å². The van der Waals surface area contributed by atoms with E-state index in [9.17, 15) is 0 Å². The van der Waals surface area contributed by atoms with Gasteiger partial charge < -0.3 is 14.2 Å². The van der Waals surface area contributed by atoms with Gasteiger partial charge >= 0.3 is 0 Å². The number of hydrazone groups is 1. The van der Waals surface area contributed by atoms with Gasteiger partial charge in [0, 0.05) is 23.7 Å². The second-order valence-electron chi connectivity index (χ2n) is 6.98. The van der Waals surface area contributed by atoms with Crippen molar-refractivity contribution in [2.75, 3.05) is 6.79 Å². The van der Waals surface area contributed by atoms with Crippen LogP contribution >= 0.6 is 0 Å². The van der Waals surface area contributed by atoms with Crippen LogP contribution in [-0.4, -0.2) is 22.5 Å². The third kappa shape index (κ3) is 2.34. The standard InChI is InChI=1S/C22H17N3O3/c1-2-7-19-15(5-1)18-12-17(14-8-9-20-21(11-14)27-13-26-20)24-25(18)22(28-19)16-6-3-4-10-23-16/h1-11,18,22H,12-13H2/t18-,22+/m1/s1. The van der Waals surface area contributed by atoms with E-state index < -0.39 is 0 Å². The molecule has 0 aliphatic carbocycles. The monoisotopic (exact) mass is 371 g/mol. The maximum absolute atomic E-state index is 6.30. The molecule has 6 rings (SSSR count). The summed E-state index contributed by atoms with van der Waals surface area (Å²) in [6, 6.07) is 20.1. The summed E-state index contributed by atoms with van der Waals surface area (Å²) in [6.45, 7) is 0.267. The SMILES string of the molecule is c1ccc([C@@H]2Oc3ccccc3[C@H]3CC(c4ccc5c(c4)OCO5)=NN32)nc1. The summed E-state index contributed by atoms with van der Waals surface area (Å²) in [6.07, 6.45) is 2.23. The van der Waals surface area contributed by atoms with E-state index >= 15 is 0 Å². The molecule has 0 unspecified atom stereocenters. The van der Waals surface area contributed by atoms with Crippen molar-refractivity contribution in [1.82, 2.24) is 9.99 Å². The molecule has 0 radical (unpaired) electrons. The first-order valence-corrected chi connectivity index (χ1v) is 9.29. The molecule has 0 saturated carbocycles. The summed E-state index contributed by atoms with van der Waals surface area (Å²) in [5, 5.41) is 6.98. The summed E-state index contributed by atoms with van der Waals surface area (Å²) in [5.41, 5.74) is 4.03. The molecule has 3 aromatic rings. The number of aromatic nitrogens is 1. The average Bonchev–Trinajstić information content (AvgIpc) is 3.40. The zero-order valence-electron chi connectivity index (χ0n) is 15.0. The van der Waals surface area contributed by atoms with Gasteiger partial charge in [0.2, 0.25) is 13.0 Å². The van der Waals surface area contributed by atoms with E-state index in [1.807, 2.05) is 59.6 Å². The molecule has 0 bridgehead atoms. The maximum Gasteiger partial charge on any atom is 0.231 e. The normalized spacial score (nSPS) is 21.6. The van der Waals surface area contributed by atoms with Gasteiger partial charge in [-0.25, -0.2) is 5.01 Å². The molecule has 3 aliphatic rings. The van der Waals surface area contributed by atoms with Crippen molar-refractivity contribution in [2.45, 2.75) is 18.7 Å². The minimum atomic E-state index is -0.354. The first-order valence-electron chi connectivity index (χ1n) is 9.29. The number of rotatable bonds is 2. The van der Waals surface area contributed by atoms with Gasteiger partial charge in [-0.2, -0.15) is 5.10 Å². The summed E-state index contributed by atoms with van der Waals surface area (Å²) in [5.74, 6) is 2.43. The van der Waals surface area contributed by atoms with Crippen LogP contribution in [0.3, 0.4) is 0 Å². The molecule has 4 heterocycles. The van der Waals surface area contributed by atoms with Crippen LogP contribution in [0.4, 0.5) is 0 Å². The van der Waals surface area contributed by atoms with Crippen LogP contribution < -0.4 is 14.2 Å². The minimum absolute atomic E-state index is 0.109. The van der Waals surface area contributed by atoms with Gasteiger partial charge in [-0.3, -0.25) is 4.98 Å². The predicted octanol–water partition coefficient (Wildman–Crippen LogP) is 4.05. The van der Waals surface area contributed by atoms with Gasteiger partial charge in [0.15, 0.2) is 11.5 Å². The highest BCUT2D eigenvalue weighted by molar-refractivity contribution is 6.02. The van der Waals surface area contributed by atoms with Crippen LogP contribution in [0.1, 0.15) is 35.5 Å². The molecule has 2 aromatic carbocycles. The number of ether oxygens (including phenoxy) is 3. The molecule has 28 heavy (non-hydrogen) atoms. The molecule has 0 amide bonds. The summed E-state index contributed by atoms with van der Waals surface area (Å²) in [7, 11) is 0. The van der Waals surface area contributed by atoms with Crippen LogP contribution in [0.2, 0.25) is 0 Å². The topological polar surface area (TPSA) is 56.2 Å². The van der Waals surface area contributed by atoms with Gasteiger partial charge in [-0.05, 0) is 36.4 Å². The Labute approximate surface area is 162 Å². The van der Waals surface area contributed by atoms with Crippen LogP contribution in [0.15, 0.2) is 72.0 Å². The molecule has 6 nitrogen and oxygen atoms in total. The van der Waals surface area contributed by atoms with Crippen molar-refractivity contribution in [2.24, 2.45) is 5.10 Å². The number of benzene rings is 2. The molecule has 0 saturated heterocycles. The van der Waals surface area contributed by atoms with E-state index in [4.69, 9.17) is 19.3 Å². The number of pyridine rings is 1. The molecule has 138 valence electrons. The van der Waals surface area contributed by atoms with Gasteiger partial charge in [0.1, 0.15) is 11.4 Å². The van der Waals surface area contributed by atoms with Crippen LogP contribution in [0, 0.1) is 0 Å². The number of fused-ring (bicyclic) bond motifs is 4. The number of para-hydroxylation sites is 1. The van der Waals surface area contributed by atoms with Crippen LogP contribution in [0.25, 0.3) is 0 Å². The van der Waals surface area contributed by atoms with Gasteiger partial charge in [0.25, 0.3) is 0 Å². The van der Waals surface area contributed by atoms with E-state index in [1.165, 1.54) is 0 Å². The molecule has 1 aromatic heterocycles. The Morgan fingerprint density at radius 3 is 2.71 bits per heavy atom. The lowest BCUT2D eigenvalue weighted by Crippen LogP contribution is -2.34. The third-order valence-electron chi connectivity index (χ3n) is 5.35. The summed E-state index contributed by atoms with van der Waals surface area (Å²) >= 11 is 0. The first kappa shape index (κ1) is 15.5. The van der Waals surface area contributed by atoms with E-state index in [1.54, 1.807) is 6.20 Å². The van der Waals surface area contributed by atoms with Crippen LogP contribution in [0.5, 0.6) is 17.2 Å². The number of hydrogen-bond donors (Lipinski definition) is 0. The fourth-order valence-corrected chi connectivity index (χ4v) is 4.00. The van der Waals surface area contributed by atoms with Crippen molar-refractivity contribution >= 4 is 5.71 Å². The third-order valence-corrected chi connectivity index (χ3v) is 5.35. The van der Waals surface area contributed by atoms with Crippen molar-refractivity contribution in [3.05, 3.63) is 83.7 Å². The Kier molecular flexibility index (Phi) is 3.32. The van der Waals surface area contributed by atoms with E-state index in [2.05, 4.69) is 11.1 Å². The minimum Gasteiger partial charge on any atom is -0.463 e. The first-order chi connectivity index (χ1) is 13.9. The van der Waals surface area contributed by atoms with E-state index in [0.717, 1.165) is 46.2 Å². The Morgan fingerprint density at radius 1 is 0.893 bits per heavy atom. The molecule has 2 atom stereocenters. The molecular formula is C22H17N3O3. The molecule has 3 aliphatic heterocycles. The zero-order valence-corrected chi connectivity index (χ0v) is 15.0. The van der Waals surface area contributed by atoms with Crippen molar-refractivity contribution in [3.8, 4) is 17.2 Å². The smallest absolute Gasteiger partial charge is 0.231 e. The average molecular weight is 371 g/mol. The Bertz CT molecular complexity index is 1080. The van der Waals surface area contributed by atoms with Gasteiger partial charge in [0.05, 0.1) is 11.8 Å². The lowest BCUT2D eigenvalue weighted by Gasteiger charge is -2.37. The summed E-state index contributed by atoms with van der Waals surface area (Å²) < 4.78 is 17.3. The maximum atomic E-state index is 6.30.